The zero-order chi connectivity index (χ0) is 34.0. The van der Waals surface area contributed by atoms with Crippen molar-refractivity contribution in [1.29, 1.82) is 0 Å². The maximum Gasteiger partial charge on any atom is 0.387 e. The van der Waals surface area contributed by atoms with E-state index >= 15 is 0 Å². The van der Waals surface area contributed by atoms with Crippen LogP contribution in [0.3, 0.4) is 0 Å². The highest BCUT2D eigenvalue weighted by atomic mass is 19.3. The van der Waals surface area contributed by atoms with Crippen molar-refractivity contribution in [2.75, 3.05) is 16.0 Å². The first-order chi connectivity index (χ1) is 22.9. The monoisotopic (exact) mass is 656 g/mol. The number of carbonyl (C=O) groups excluding carboxylic acids is 2. The van der Waals surface area contributed by atoms with Crippen LogP contribution in [0.1, 0.15) is 63.3 Å². The first-order valence-corrected chi connectivity index (χ1v) is 16.4. The van der Waals surface area contributed by atoms with Gasteiger partial charge in [-0.15, -0.1) is 0 Å². The fourth-order valence-electron chi connectivity index (χ4n) is 6.80. The summed E-state index contributed by atoms with van der Waals surface area (Å²) >= 11 is 0. The molecule has 11 heteroatoms. The Kier molecular flexibility index (Phi) is 9.39. The summed E-state index contributed by atoms with van der Waals surface area (Å²) in [6.07, 6.45) is 4.53. The molecule has 48 heavy (non-hydrogen) atoms. The summed E-state index contributed by atoms with van der Waals surface area (Å²) in [5.41, 5.74) is 5.04. The molecular formula is C37H42F2N6O3. The summed E-state index contributed by atoms with van der Waals surface area (Å²) in [6.45, 7) is 5.41. The number of urea groups is 2. The second-order valence-electron chi connectivity index (χ2n) is 13.9. The molecule has 9 nitrogen and oxygen atoms in total. The Labute approximate surface area is 279 Å². The Balaban J connectivity index is 1.06. The molecule has 2 fully saturated rings. The number of nitrogens with one attached hydrogen (secondary N) is 3. The number of amides is 4. The molecule has 2 aliphatic heterocycles. The Morgan fingerprint density at radius 2 is 1.58 bits per heavy atom. The second kappa shape index (κ2) is 13.7. The smallest absolute Gasteiger partial charge is 0.387 e. The lowest BCUT2D eigenvalue weighted by molar-refractivity contribution is -0.0498. The van der Waals surface area contributed by atoms with Gasteiger partial charge < -0.3 is 20.3 Å². The summed E-state index contributed by atoms with van der Waals surface area (Å²) in [5, 5.41) is 13.7. The van der Waals surface area contributed by atoms with E-state index in [1.165, 1.54) is 12.1 Å². The van der Waals surface area contributed by atoms with Crippen LogP contribution < -0.4 is 20.7 Å². The van der Waals surface area contributed by atoms with Gasteiger partial charge in [-0.2, -0.15) is 13.9 Å². The Morgan fingerprint density at radius 3 is 2.23 bits per heavy atom. The summed E-state index contributed by atoms with van der Waals surface area (Å²) in [4.78, 5) is 28.4. The van der Waals surface area contributed by atoms with Crippen molar-refractivity contribution in [1.82, 2.24) is 14.7 Å². The second-order valence-corrected chi connectivity index (χ2v) is 13.9. The van der Waals surface area contributed by atoms with Gasteiger partial charge in [-0.05, 0) is 99.0 Å². The van der Waals surface area contributed by atoms with E-state index in [0.717, 1.165) is 54.6 Å². The van der Waals surface area contributed by atoms with Gasteiger partial charge in [0.05, 0.1) is 11.4 Å². The molecule has 0 aliphatic carbocycles. The van der Waals surface area contributed by atoms with E-state index in [2.05, 4.69) is 47.5 Å². The van der Waals surface area contributed by atoms with Gasteiger partial charge in [0.1, 0.15) is 11.6 Å². The Bertz CT molecular complexity index is 1740. The van der Waals surface area contributed by atoms with Crippen LogP contribution >= 0.6 is 0 Å². The first kappa shape index (κ1) is 33.0. The van der Waals surface area contributed by atoms with Crippen LogP contribution in [0.4, 0.5) is 35.6 Å². The number of benzene rings is 3. The minimum Gasteiger partial charge on any atom is -0.435 e. The molecular weight excluding hydrogens is 614 g/mol. The number of rotatable bonds is 8. The van der Waals surface area contributed by atoms with Gasteiger partial charge >= 0.3 is 18.7 Å². The largest absolute Gasteiger partial charge is 0.435 e. The van der Waals surface area contributed by atoms with Crippen molar-refractivity contribution >= 4 is 29.3 Å². The summed E-state index contributed by atoms with van der Waals surface area (Å²) < 4.78 is 31.1. The standard InChI is InChI=1S/C37H42F2N6O3/c1-23-8-12-28(13-9-23)45-33(22-32(43-45)37(2,3)4)42-35(46)40-27-7-5-6-24(19-27)18-25-20-29-14-15-30(21-25)44(29)36(47)41-26-10-16-31(17-11-26)48-34(38)39/h5-13,16-17,19,22,25,29-30,34H,14-15,18,20-21H2,1-4H3,(H,41,47)(H2,40,42,46). The summed E-state index contributed by atoms with van der Waals surface area (Å²) in [7, 11) is 0. The zero-order valence-corrected chi connectivity index (χ0v) is 27.7. The molecule has 4 aromatic rings. The molecule has 3 heterocycles. The molecule has 0 spiro atoms. The topological polar surface area (TPSA) is 101 Å². The molecule has 1 aromatic heterocycles. The number of aromatic nitrogens is 2. The SMILES string of the molecule is Cc1ccc(-n2nc(C(C)(C)C)cc2NC(=O)Nc2cccc(CC3CC4CCC(C3)N4C(=O)Nc3ccc(OC(F)F)cc3)c2)cc1. The van der Waals surface area contributed by atoms with Crippen molar-refractivity contribution in [2.45, 2.75) is 83.9 Å². The fourth-order valence-corrected chi connectivity index (χ4v) is 6.80. The van der Waals surface area contributed by atoms with E-state index in [9.17, 15) is 18.4 Å². The third-order valence-electron chi connectivity index (χ3n) is 9.10. The number of hydrogen-bond acceptors (Lipinski definition) is 4. The average Bonchev–Trinajstić information content (AvgIpc) is 3.57. The molecule has 2 aliphatic rings. The van der Waals surface area contributed by atoms with Crippen molar-refractivity contribution in [3.05, 3.63) is 95.7 Å². The summed E-state index contributed by atoms with van der Waals surface area (Å²) in [5.74, 6) is 1.03. The van der Waals surface area contributed by atoms with E-state index in [1.54, 1.807) is 16.8 Å². The van der Waals surface area contributed by atoms with Crippen LogP contribution in [-0.4, -0.2) is 45.4 Å². The van der Waals surface area contributed by atoms with E-state index in [1.807, 2.05) is 60.4 Å². The van der Waals surface area contributed by atoms with Crippen LogP contribution in [0, 0.1) is 12.8 Å². The predicted molar refractivity (Wildman–Crippen MR) is 183 cm³/mol. The zero-order valence-electron chi connectivity index (χ0n) is 27.7. The van der Waals surface area contributed by atoms with Crippen molar-refractivity contribution in [2.24, 2.45) is 5.92 Å². The Morgan fingerprint density at radius 1 is 0.896 bits per heavy atom. The molecule has 2 bridgehead atoms. The molecule has 6 rings (SSSR count). The highest BCUT2D eigenvalue weighted by Gasteiger charge is 2.43. The molecule has 252 valence electrons. The van der Waals surface area contributed by atoms with Gasteiger partial charge in [-0.25, -0.2) is 14.3 Å². The lowest BCUT2D eigenvalue weighted by Gasteiger charge is -2.39. The number of anilines is 3. The first-order valence-electron chi connectivity index (χ1n) is 16.4. The molecule has 4 amide bonds. The van der Waals surface area contributed by atoms with Crippen LogP contribution in [-0.2, 0) is 11.8 Å². The number of carbonyl (C=O) groups is 2. The lowest BCUT2D eigenvalue weighted by Crippen LogP contribution is -2.48. The molecule has 0 radical (unpaired) electrons. The van der Waals surface area contributed by atoms with Gasteiger partial charge in [0.15, 0.2) is 0 Å². The van der Waals surface area contributed by atoms with E-state index in [-0.39, 0.29) is 35.3 Å². The number of piperidine rings is 1. The molecule has 0 saturated carbocycles. The number of nitrogens with zero attached hydrogens (tertiary/aromatic N) is 3. The third kappa shape index (κ3) is 7.78. The normalized spacial score (nSPS) is 18.9. The molecule has 3 aromatic carbocycles. The van der Waals surface area contributed by atoms with Gasteiger partial charge in [-0.3, -0.25) is 5.32 Å². The lowest BCUT2D eigenvalue weighted by atomic mass is 9.86. The number of aryl methyl sites for hydroxylation is 1. The molecule has 2 atom stereocenters. The number of ether oxygens (including phenoxy) is 1. The quantitative estimate of drug-likeness (QED) is 0.177. The fraction of sp³-hybridized carbons (Fsp3) is 0.378. The van der Waals surface area contributed by atoms with Crippen LogP contribution in [0.25, 0.3) is 5.69 Å². The maximum absolute atomic E-state index is 13.2. The highest BCUT2D eigenvalue weighted by Crippen LogP contribution is 2.40. The van der Waals surface area contributed by atoms with Gasteiger partial charge in [-0.1, -0.05) is 50.6 Å². The molecule has 2 unspecified atom stereocenters. The maximum atomic E-state index is 13.2. The van der Waals surface area contributed by atoms with Crippen LogP contribution in [0.15, 0.2) is 78.9 Å². The number of alkyl halides is 2. The van der Waals surface area contributed by atoms with E-state index in [4.69, 9.17) is 5.10 Å². The minimum atomic E-state index is -2.89. The minimum absolute atomic E-state index is 0.0454. The van der Waals surface area contributed by atoms with Crippen molar-refractivity contribution in [3.8, 4) is 11.4 Å². The molecule has 3 N–H and O–H groups in total. The Hall–Kier alpha value is -4.93. The van der Waals surface area contributed by atoms with Crippen LogP contribution in [0.5, 0.6) is 5.75 Å². The predicted octanol–water partition coefficient (Wildman–Crippen LogP) is 8.74. The van der Waals surface area contributed by atoms with Crippen molar-refractivity contribution in [3.63, 3.8) is 0 Å². The van der Waals surface area contributed by atoms with E-state index in [0.29, 0.717) is 23.1 Å². The third-order valence-corrected chi connectivity index (χ3v) is 9.10. The molecule has 2 saturated heterocycles. The number of hydrogen-bond donors (Lipinski definition) is 3. The van der Waals surface area contributed by atoms with Gasteiger partial charge in [0, 0.05) is 34.9 Å². The number of halogens is 2. The van der Waals surface area contributed by atoms with Gasteiger partial charge in [0.2, 0.25) is 0 Å². The summed E-state index contributed by atoms with van der Waals surface area (Å²) in [6, 6.07) is 23.6. The van der Waals surface area contributed by atoms with Crippen LogP contribution in [0.2, 0.25) is 0 Å². The van der Waals surface area contributed by atoms with Gasteiger partial charge in [0.25, 0.3) is 0 Å². The number of fused-ring (bicyclic) bond motifs is 2. The average molecular weight is 657 g/mol. The highest BCUT2D eigenvalue weighted by molar-refractivity contribution is 5.99. The van der Waals surface area contributed by atoms with E-state index < -0.39 is 6.61 Å². The van der Waals surface area contributed by atoms with Crippen molar-refractivity contribution < 1.29 is 23.1 Å².